The van der Waals surface area contributed by atoms with Gasteiger partial charge in [0.05, 0.1) is 23.2 Å². The van der Waals surface area contributed by atoms with E-state index in [1.54, 1.807) is 55.5 Å². The Labute approximate surface area is 172 Å². The minimum absolute atomic E-state index is 0.0233. The quantitative estimate of drug-likeness (QED) is 0.689. The molecule has 0 aliphatic heterocycles. The molecule has 2 aromatic rings. The highest BCUT2D eigenvalue weighted by molar-refractivity contribution is 7.92. The Morgan fingerprint density at radius 1 is 1.00 bits per heavy atom. The zero-order chi connectivity index (χ0) is 21.6. The summed E-state index contributed by atoms with van der Waals surface area (Å²) in [6.45, 7) is 5.93. The first-order valence-electron chi connectivity index (χ1n) is 9.46. The van der Waals surface area contributed by atoms with Crippen LogP contribution in [0.5, 0.6) is 0 Å². The van der Waals surface area contributed by atoms with Gasteiger partial charge >= 0.3 is 0 Å². The number of carbonyl (C=O) groups excluding carboxylic acids is 2. The van der Waals surface area contributed by atoms with Gasteiger partial charge in [-0.1, -0.05) is 19.1 Å². The molecule has 0 radical (unpaired) electrons. The molecule has 29 heavy (non-hydrogen) atoms. The number of hydrogen-bond donors (Lipinski definition) is 2. The predicted molar refractivity (Wildman–Crippen MR) is 116 cm³/mol. The molecule has 0 saturated carbocycles. The Morgan fingerprint density at radius 2 is 1.62 bits per heavy atom. The summed E-state index contributed by atoms with van der Waals surface area (Å²) >= 11 is 0. The van der Waals surface area contributed by atoms with Crippen LogP contribution in [-0.2, 0) is 10.0 Å². The van der Waals surface area contributed by atoms with Gasteiger partial charge in [0.2, 0.25) is 10.0 Å². The third-order valence-corrected chi connectivity index (χ3v) is 5.78. The molecule has 2 rings (SSSR count). The van der Waals surface area contributed by atoms with Gasteiger partial charge in [-0.25, -0.2) is 8.42 Å². The molecule has 0 aliphatic carbocycles. The van der Waals surface area contributed by atoms with E-state index in [0.29, 0.717) is 29.0 Å². The number of nitrogens with zero attached hydrogens (tertiary/aromatic N) is 1. The molecular weight excluding hydrogens is 390 g/mol. The highest BCUT2D eigenvalue weighted by Gasteiger charge is 2.17. The minimum atomic E-state index is -3.39. The second-order valence-electron chi connectivity index (χ2n) is 6.76. The smallest absolute Gasteiger partial charge is 0.255 e. The van der Waals surface area contributed by atoms with Crippen molar-refractivity contribution in [3.8, 4) is 0 Å². The minimum Gasteiger partial charge on any atom is -0.350 e. The Balaban J connectivity index is 2.20. The van der Waals surface area contributed by atoms with Gasteiger partial charge < -0.3 is 10.6 Å². The zero-order valence-electron chi connectivity index (χ0n) is 17.1. The van der Waals surface area contributed by atoms with Crippen LogP contribution < -0.4 is 14.9 Å². The number of para-hydroxylation sites is 1. The van der Waals surface area contributed by atoms with Crippen LogP contribution in [0.1, 0.15) is 47.9 Å². The van der Waals surface area contributed by atoms with E-state index in [1.807, 2.05) is 13.8 Å². The monoisotopic (exact) mass is 417 g/mol. The van der Waals surface area contributed by atoms with E-state index < -0.39 is 10.0 Å². The van der Waals surface area contributed by atoms with Crippen molar-refractivity contribution >= 4 is 33.2 Å². The van der Waals surface area contributed by atoms with Crippen molar-refractivity contribution < 1.29 is 18.0 Å². The van der Waals surface area contributed by atoms with Gasteiger partial charge in [-0.2, -0.15) is 0 Å². The van der Waals surface area contributed by atoms with Crippen LogP contribution in [0.4, 0.5) is 11.4 Å². The van der Waals surface area contributed by atoms with E-state index in [1.165, 1.54) is 4.31 Å². The molecule has 7 nitrogen and oxygen atoms in total. The number of carbonyl (C=O) groups is 2. The maximum atomic E-state index is 12.6. The number of anilines is 2. The second-order valence-corrected chi connectivity index (χ2v) is 8.66. The number of benzene rings is 2. The molecule has 0 unspecified atom stereocenters. The summed E-state index contributed by atoms with van der Waals surface area (Å²) in [6.07, 6.45) is 1.94. The van der Waals surface area contributed by atoms with Crippen LogP contribution in [-0.4, -0.2) is 39.1 Å². The van der Waals surface area contributed by atoms with Crippen molar-refractivity contribution in [3.05, 3.63) is 59.7 Å². The number of hydrogen-bond acceptors (Lipinski definition) is 4. The van der Waals surface area contributed by atoms with Gasteiger partial charge in [0.15, 0.2) is 0 Å². The van der Waals surface area contributed by atoms with Gasteiger partial charge in [-0.05, 0) is 56.7 Å². The molecule has 0 aliphatic rings. The van der Waals surface area contributed by atoms with Crippen molar-refractivity contribution in [3.63, 3.8) is 0 Å². The van der Waals surface area contributed by atoms with Gasteiger partial charge in [0, 0.05) is 18.2 Å². The fraction of sp³-hybridized carbons (Fsp3) is 0.333. The van der Waals surface area contributed by atoms with Crippen LogP contribution in [0.25, 0.3) is 0 Å². The summed E-state index contributed by atoms with van der Waals surface area (Å²) in [7, 11) is -3.39. The number of sulfonamides is 1. The van der Waals surface area contributed by atoms with Crippen LogP contribution >= 0.6 is 0 Å². The normalized spacial score (nSPS) is 12.1. The van der Waals surface area contributed by atoms with Crippen molar-refractivity contribution in [2.75, 3.05) is 22.4 Å². The first-order chi connectivity index (χ1) is 13.7. The second kappa shape index (κ2) is 9.56. The summed E-state index contributed by atoms with van der Waals surface area (Å²) < 4.78 is 24.9. The van der Waals surface area contributed by atoms with Crippen LogP contribution in [0.3, 0.4) is 0 Å². The average molecular weight is 418 g/mol. The lowest BCUT2D eigenvalue weighted by Gasteiger charge is -2.20. The number of rotatable bonds is 8. The van der Waals surface area contributed by atoms with Crippen molar-refractivity contribution in [1.82, 2.24) is 5.32 Å². The fourth-order valence-corrected chi connectivity index (χ4v) is 3.75. The predicted octanol–water partition coefficient (Wildman–Crippen LogP) is 3.25. The number of amides is 2. The Morgan fingerprint density at radius 3 is 2.17 bits per heavy atom. The zero-order valence-corrected chi connectivity index (χ0v) is 17.9. The molecule has 0 spiro atoms. The lowest BCUT2D eigenvalue weighted by molar-refractivity contribution is 0.0940. The van der Waals surface area contributed by atoms with E-state index >= 15 is 0 Å². The van der Waals surface area contributed by atoms with Gasteiger partial charge in [-0.15, -0.1) is 0 Å². The molecule has 2 amide bonds. The molecule has 1 atom stereocenters. The highest BCUT2D eigenvalue weighted by Crippen LogP contribution is 2.20. The Kier molecular flexibility index (Phi) is 7.39. The standard InChI is InChI=1S/C21H27N3O4S/c1-5-15(3)22-21(26)18-9-7-8-10-19(18)23-20(25)16-11-13-17(14-12-16)24(6-2)29(4,27)28/h7-15H,5-6H2,1-4H3,(H,22,26)(H,23,25)/t15-/m1/s1. The third kappa shape index (κ3) is 5.80. The molecule has 0 heterocycles. The topological polar surface area (TPSA) is 95.6 Å². The third-order valence-electron chi connectivity index (χ3n) is 4.51. The van der Waals surface area contributed by atoms with E-state index in [4.69, 9.17) is 0 Å². The van der Waals surface area contributed by atoms with Crippen molar-refractivity contribution in [1.29, 1.82) is 0 Å². The van der Waals surface area contributed by atoms with E-state index in [0.717, 1.165) is 12.7 Å². The lowest BCUT2D eigenvalue weighted by atomic mass is 10.1. The number of nitrogens with one attached hydrogen (secondary N) is 2. The molecule has 156 valence electrons. The van der Waals surface area contributed by atoms with Crippen molar-refractivity contribution in [2.24, 2.45) is 0 Å². The lowest BCUT2D eigenvalue weighted by Crippen LogP contribution is -2.32. The summed E-state index contributed by atoms with van der Waals surface area (Å²) in [6, 6.07) is 13.1. The molecule has 2 N–H and O–H groups in total. The SMILES string of the molecule is CC[C@@H](C)NC(=O)c1ccccc1NC(=O)c1ccc(N(CC)S(C)(=O)=O)cc1. The fourth-order valence-electron chi connectivity index (χ4n) is 2.78. The maximum absolute atomic E-state index is 12.6. The molecule has 8 heteroatoms. The van der Waals surface area contributed by atoms with Crippen LogP contribution in [0.2, 0.25) is 0 Å². The average Bonchev–Trinajstić information content (AvgIpc) is 2.68. The molecular formula is C21H27N3O4S. The Bertz CT molecular complexity index is 972. The van der Waals surface area contributed by atoms with Crippen molar-refractivity contribution in [2.45, 2.75) is 33.2 Å². The first kappa shape index (κ1) is 22.4. The van der Waals surface area contributed by atoms with Crippen LogP contribution in [0.15, 0.2) is 48.5 Å². The summed E-state index contributed by atoms with van der Waals surface area (Å²) in [4.78, 5) is 25.1. The summed E-state index contributed by atoms with van der Waals surface area (Å²) in [5.41, 5.74) is 1.64. The molecule has 2 aromatic carbocycles. The summed E-state index contributed by atoms with van der Waals surface area (Å²) in [5.74, 6) is -0.639. The highest BCUT2D eigenvalue weighted by atomic mass is 32.2. The van der Waals surface area contributed by atoms with Gasteiger partial charge in [-0.3, -0.25) is 13.9 Å². The Hall–Kier alpha value is -2.87. The van der Waals surface area contributed by atoms with Crippen LogP contribution in [0, 0.1) is 0 Å². The molecule has 0 aromatic heterocycles. The van der Waals surface area contributed by atoms with Gasteiger partial charge in [0.1, 0.15) is 0 Å². The molecule has 0 bridgehead atoms. The van der Waals surface area contributed by atoms with E-state index in [2.05, 4.69) is 10.6 Å². The first-order valence-corrected chi connectivity index (χ1v) is 11.3. The van der Waals surface area contributed by atoms with E-state index in [-0.39, 0.29) is 17.9 Å². The van der Waals surface area contributed by atoms with E-state index in [9.17, 15) is 18.0 Å². The molecule has 0 fully saturated rings. The van der Waals surface area contributed by atoms with Gasteiger partial charge in [0.25, 0.3) is 11.8 Å². The maximum Gasteiger partial charge on any atom is 0.255 e. The summed E-state index contributed by atoms with van der Waals surface area (Å²) in [5, 5.41) is 5.65. The molecule has 0 saturated heterocycles. The largest absolute Gasteiger partial charge is 0.350 e.